The molecule has 0 saturated heterocycles. The number of methoxy groups -OCH3 is 1. The Morgan fingerprint density at radius 3 is 2.46 bits per heavy atom. The van der Waals surface area contributed by atoms with Gasteiger partial charge >= 0.3 is 18.0 Å². The van der Waals surface area contributed by atoms with E-state index in [1.165, 1.54) is 12.0 Å². The Morgan fingerprint density at radius 2 is 1.92 bits per heavy atom. The second kappa shape index (κ2) is 8.33. The van der Waals surface area contributed by atoms with Crippen LogP contribution in [0.1, 0.15) is 35.8 Å². The summed E-state index contributed by atoms with van der Waals surface area (Å²) in [7, 11) is 1.30. The van der Waals surface area contributed by atoms with Gasteiger partial charge in [0.25, 0.3) is 0 Å². The van der Waals surface area contributed by atoms with Gasteiger partial charge in [-0.2, -0.15) is 0 Å². The smallest absolute Gasteiger partial charge is 0.338 e. The van der Waals surface area contributed by atoms with Gasteiger partial charge in [-0.1, -0.05) is 18.2 Å². The third-order valence-electron chi connectivity index (χ3n) is 4.07. The van der Waals surface area contributed by atoms with Crippen molar-refractivity contribution >= 4 is 18.0 Å². The molecule has 0 saturated carbocycles. The van der Waals surface area contributed by atoms with E-state index < -0.39 is 18.0 Å². The number of carbonyl (C=O) groups excluding carboxylic acids is 3. The van der Waals surface area contributed by atoms with E-state index in [0.29, 0.717) is 22.4 Å². The summed E-state index contributed by atoms with van der Waals surface area (Å²) in [6.07, 6.45) is 1.58. The molecule has 1 aromatic rings. The van der Waals surface area contributed by atoms with Gasteiger partial charge in [0.05, 0.1) is 30.9 Å². The molecule has 7 heteroatoms. The van der Waals surface area contributed by atoms with Gasteiger partial charge in [-0.05, 0) is 31.5 Å². The van der Waals surface area contributed by atoms with Gasteiger partial charge in [0.1, 0.15) is 0 Å². The molecule has 0 fully saturated rings. The van der Waals surface area contributed by atoms with Crippen LogP contribution in [0.15, 0.2) is 48.2 Å². The van der Waals surface area contributed by atoms with Gasteiger partial charge in [0, 0.05) is 12.2 Å². The first-order valence-corrected chi connectivity index (χ1v) is 8.19. The van der Waals surface area contributed by atoms with Crippen molar-refractivity contribution in [2.75, 3.05) is 20.3 Å². The molecule has 0 unspecified atom stereocenters. The molecule has 138 valence electrons. The minimum absolute atomic E-state index is 0.221. The molecule has 0 aliphatic carbocycles. The van der Waals surface area contributed by atoms with E-state index in [9.17, 15) is 14.4 Å². The molecule has 0 bridgehead atoms. The summed E-state index contributed by atoms with van der Waals surface area (Å²) >= 11 is 0. The Balaban J connectivity index is 2.47. The summed E-state index contributed by atoms with van der Waals surface area (Å²) in [5, 5.41) is 2.81. The zero-order valence-electron chi connectivity index (χ0n) is 15.1. The molecule has 1 atom stereocenters. The summed E-state index contributed by atoms with van der Waals surface area (Å²) in [4.78, 5) is 38.0. The van der Waals surface area contributed by atoms with E-state index in [2.05, 4.69) is 16.6 Å². The van der Waals surface area contributed by atoms with Crippen molar-refractivity contribution in [3.63, 3.8) is 0 Å². The first-order chi connectivity index (χ1) is 12.4. The highest BCUT2D eigenvalue weighted by molar-refractivity contribution is 5.95. The van der Waals surface area contributed by atoms with Crippen molar-refractivity contribution in [1.82, 2.24) is 10.2 Å². The number of nitrogens with zero attached hydrogens (tertiary/aromatic N) is 1. The van der Waals surface area contributed by atoms with Crippen molar-refractivity contribution in [2.45, 2.75) is 19.9 Å². The SMILES string of the molecule is C=CCN1C(=O)N[C@H](c2ccc(C(=O)OC)cc2)C(C(=O)OCC)=C1C. The van der Waals surface area contributed by atoms with Gasteiger partial charge in [0.15, 0.2) is 0 Å². The monoisotopic (exact) mass is 358 g/mol. The van der Waals surface area contributed by atoms with Gasteiger partial charge in [-0.25, -0.2) is 14.4 Å². The van der Waals surface area contributed by atoms with Crippen LogP contribution in [0.4, 0.5) is 4.79 Å². The second-order valence-electron chi connectivity index (χ2n) is 5.61. The number of rotatable bonds is 6. The lowest BCUT2D eigenvalue weighted by Crippen LogP contribution is -2.48. The Labute approximate surface area is 152 Å². The number of hydrogen-bond acceptors (Lipinski definition) is 5. The molecule has 1 aliphatic heterocycles. The average Bonchev–Trinajstić information content (AvgIpc) is 2.64. The summed E-state index contributed by atoms with van der Waals surface area (Å²) in [6.45, 7) is 7.55. The molecule has 1 aliphatic rings. The van der Waals surface area contributed by atoms with Gasteiger partial charge in [0.2, 0.25) is 0 Å². The zero-order chi connectivity index (χ0) is 19.3. The molecule has 7 nitrogen and oxygen atoms in total. The van der Waals surface area contributed by atoms with Crippen molar-refractivity contribution in [2.24, 2.45) is 0 Å². The number of urea groups is 1. The maximum absolute atomic E-state index is 12.5. The van der Waals surface area contributed by atoms with Crippen molar-refractivity contribution < 1.29 is 23.9 Å². The van der Waals surface area contributed by atoms with Crippen LogP contribution in [-0.4, -0.2) is 43.1 Å². The lowest BCUT2D eigenvalue weighted by molar-refractivity contribution is -0.139. The summed E-state index contributed by atoms with van der Waals surface area (Å²) in [6, 6.07) is 5.51. The predicted molar refractivity (Wildman–Crippen MR) is 95.3 cm³/mol. The lowest BCUT2D eigenvalue weighted by atomic mass is 9.94. The van der Waals surface area contributed by atoms with Crippen LogP contribution in [0.25, 0.3) is 0 Å². The average molecular weight is 358 g/mol. The summed E-state index contributed by atoms with van der Waals surface area (Å²) in [5.41, 5.74) is 1.89. The quantitative estimate of drug-likeness (QED) is 0.624. The number of ether oxygens (including phenoxy) is 2. The van der Waals surface area contributed by atoms with Crippen LogP contribution in [0.5, 0.6) is 0 Å². The highest BCUT2D eigenvalue weighted by Crippen LogP contribution is 2.31. The highest BCUT2D eigenvalue weighted by Gasteiger charge is 2.36. The topological polar surface area (TPSA) is 84.9 Å². The minimum atomic E-state index is -0.672. The molecule has 1 N–H and O–H groups in total. The van der Waals surface area contributed by atoms with Crippen molar-refractivity contribution in [3.8, 4) is 0 Å². The molecule has 0 radical (unpaired) electrons. The highest BCUT2D eigenvalue weighted by atomic mass is 16.5. The Bertz CT molecular complexity index is 752. The Morgan fingerprint density at radius 1 is 1.27 bits per heavy atom. The fraction of sp³-hybridized carbons (Fsp3) is 0.316. The van der Waals surface area contributed by atoms with Crippen LogP contribution in [0.3, 0.4) is 0 Å². The molecule has 0 spiro atoms. The number of nitrogens with one attached hydrogen (secondary N) is 1. The fourth-order valence-electron chi connectivity index (χ4n) is 2.78. The maximum atomic E-state index is 12.5. The molecular formula is C19H22N2O5. The Kier molecular flexibility index (Phi) is 6.16. The van der Waals surface area contributed by atoms with Crippen LogP contribution in [0, 0.1) is 0 Å². The number of benzene rings is 1. The van der Waals surface area contributed by atoms with Crippen molar-refractivity contribution in [1.29, 1.82) is 0 Å². The number of esters is 2. The molecule has 0 aromatic heterocycles. The van der Waals surface area contributed by atoms with E-state index in [4.69, 9.17) is 4.74 Å². The first kappa shape index (κ1) is 19.2. The molecule has 26 heavy (non-hydrogen) atoms. The van der Waals surface area contributed by atoms with Crippen LogP contribution < -0.4 is 5.32 Å². The van der Waals surface area contributed by atoms with E-state index in [-0.39, 0.29) is 19.2 Å². The normalized spacial score (nSPS) is 16.8. The number of allylic oxidation sites excluding steroid dienone is 1. The minimum Gasteiger partial charge on any atom is -0.465 e. The van der Waals surface area contributed by atoms with Gasteiger partial charge in [-0.15, -0.1) is 6.58 Å². The van der Waals surface area contributed by atoms with E-state index in [1.807, 2.05) is 0 Å². The van der Waals surface area contributed by atoms with Gasteiger partial charge in [-0.3, -0.25) is 4.90 Å². The third kappa shape index (κ3) is 3.77. The molecule has 2 amide bonds. The predicted octanol–water partition coefficient (Wildman–Crippen LogP) is 2.56. The van der Waals surface area contributed by atoms with Crippen molar-refractivity contribution in [3.05, 3.63) is 59.3 Å². The largest absolute Gasteiger partial charge is 0.465 e. The van der Waals surface area contributed by atoms with E-state index >= 15 is 0 Å². The summed E-state index contributed by atoms with van der Waals surface area (Å²) in [5.74, 6) is -0.958. The number of carbonyl (C=O) groups is 3. The van der Waals surface area contributed by atoms with Crippen LogP contribution >= 0.6 is 0 Å². The number of amides is 2. The van der Waals surface area contributed by atoms with E-state index in [0.717, 1.165) is 0 Å². The molecule has 1 aromatic carbocycles. The van der Waals surface area contributed by atoms with Crippen LogP contribution in [0.2, 0.25) is 0 Å². The summed E-state index contributed by atoms with van der Waals surface area (Å²) < 4.78 is 9.85. The third-order valence-corrected chi connectivity index (χ3v) is 4.07. The first-order valence-electron chi connectivity index (χ1n) is 8.19. The Hall–Kier alpha value is -3.09. The fourth-order valence-corrected chi connectivity index (χ4v) is 2.78. The maximum Gasteiger partial charge on any atom is 0.338 e. The molecular weight excluding hydrogens is 336 g/mol. The standard InChI is InChI=1S/C19H22N2O5/c1-5-11-21-12(3)15(18(23)26-6-2)16(20-19(21)24)13-7-9-14(10-8-13)17(22)25-4/h5,7-10,16H,1,6,11H2,2-4H3,(H,20,24)/t16-/m1/s1. The van der Waals surface area contributed by atoms with Crippen LogP contribution in [-0.2, 0) is 14.3 Å². The van der Waals surface area contributed by atoms with Gasteiger partial charge < -0.3 is 14.8 Å². The van der Waals surface area contributed by atoms with E-state index in [1.54, 1.807) is 44.2 Å². The zero-order valence-corrected chi connectivity index (χ0v) is 15.1. The molecule has 2 rings (SSSR count). The lowest BCUT2D eigenvalue weighted by Gasteiger charge is -2.34. The molecule has 1 heterocycles. The number of hydrogen-bond donors (Lipinski definition) is 1. The second-order valence-corrected chi connectivity index (χ2v) is 5.61.